The number of fused-ring (bicyclic) bond motifs is 2. The van der Waals surface area contributed by atoms with E-state index in [0.717, 1.165) is 37.5 Å². The molecule has 1 heterocycles. The van der Waals surface area contributed by atoms with Gasteiger partial charge in [0.15, 0.2) is 0 Å². The number of nitrogens with one attached hydrogen (secondary N) is 5. The summed E-state index contributed by atoms with van der Waals surface area (Å²) in [5.74, 6) is -3.66. The van der Waals surface area contributed by atoms with Crippen LogP contribution in [0.2, 0.25) is 0 Å². The molecule has 15 heteroatoms. The van der Waals surface area contributed by atoms with Crippen molar-refractivity contribution in [1.82, 2.24) is 26.6 Å². The lowest BCUT2D eigenvalue weighted by Crippen LogP contribution is -2.60. The molecule has 0 spiro atoms. The molecule has 5 rings (SSSR count). The number of carbonyl (C=O) groups excluding carboxylic acids is 6. The summed E-state index contributed by atoms with van der Waals surface area (Å²) in [4.78, 5) is 83.8. The molecular weight excluding hydrogens is 853 g/mol. The molecule has 66 heavy (non-hydrogen) atoms. The van der Waals surface area contributed by atoms with Gasteiger partial charge in [0, 0.05) is 24.0 Å². The second-order valence-corrected chi connectivity index (χ2v) is 18.8. The number of rotatable bonds is 25. The van der Waals surface area contributed by atoms with Crippen LogP contribution in [-0.4, -0.2) is 78.2 Å². The molecule has 6 atom stereocenters. The van der Waals surface area contributed by atoms with Crippen molar-refractivity contribution in [3.63, 3.8) is 0 Å². The Labute approximate surface area is 391 Å². The molecule has 0 aliphatic heterocycles. The number of benzene rings is 4. The molecule has 14 nitrogen and oxygen atoms in total. The highest BCUT2D eigenvalue weighted by molar-refractivity contribution is 7.17. The average Bonchev–Trinajstić information content (AvgIpc) is 3.70. The van der Waals surface area contributed by atoms with E-state index in [2.05, 4.69) is 26.6 Å². The molecule has 352 valence electrons. The van der Waals surface area contributed by atoms with Crippen molar-refractivity contribution < 1.29 is 28.8 Å². The molecule has 0 aliphatic rings. The minimum atomic E-state index is -1.22. The summed E-state index contributed by atoms with van der Waals surface area (Å²) in [7, 11) is 0. The van der Waals surface area contributed by atoms with Gasteiger partial charge in [0.2, 0.25) is 35.4 Å². The molecule has 5 aromatic rings. The summed E-state index contributed by atoms with van der Waals surface area (Å²) >= 11 is 1.50. The van der Waals surface area contributed by atoms with Gasteiger partial charge in [-0.05, 0) is 88.4 Å². The van der Waals surface area contributed by atoms with E-state index in [9.17, 15) is 28.8 Å². The summed E-state index contributed by atoms with van der Waals surface area (Å²) in [6, 6.07) is 23.9. The number of hydrogen-bond donors (Lipinski definition) is 8. The zero-order valence-electron chi connectivity index (χ0n) is 38.4. The van der Waals surface area contributed by atoms with E-state index >= 15 is 0 Å². The Balaban J connectivity index is 1.47. The van der Waals surface area contributed by atoms with E-state index in [0.29, 0.717) is 32.2 Å². The largest absolute Gasteiger partial charge is 0.368 e. The van der Waals surface area contributed by atoms with Crippen LogP contribution in [0.15, 0.2) is 102 Å². The number of hydrogen-bond acceptors (Lipinski definition) is 9. The van der Waals surface area contributed by atoms with Crippen LogP contribution in [0.4, 0.5) is 0 Å². The highest BCUT2D eigenvalue weighted by atomic mass is 32.1. The molecule has 0 saturated carbocycles. The van der Waals surface area contributed by atoms with Crippen LogP contribution in [0.5, 0.6) is 0 Å². The number of primary amides is 1. The van der Waals surface area contributed by atoms with Crippen LogP contribution in [0.3, 0.4) is 0 Å². The first-order chi connectivity index (χ1) is 31.6. The Hall–Kier alpha value is -6.16. The maximum absolute atomic E-state index is 14.8. The smallest absolute Gasteiger partial charge is 0.243 e. The Morgan fingerprint density at radius 1 is 0.530 bits per heavy atom. The Morgan fingerprint density at radius 3 is 1.67 bits per heavy atom. The average molecular weight is 919 g/mol. The minimum Gasteiger partial charge on any atom is -0.368 e. The fraction of sp³-hybridized carbons (Fsp3) is 0.412. The van der Waals surface area contributed by atoms with Gasteiger partial charge in [0.25, 0.3) is 0 Å². The summed E-state index contributed by atoms with van der Waals surface area (Å²) in [6.45, 7) is 8.10. The van der Waals surface area contributed by atoms with Crippen molar-refractivity contribution in [1.29, 1.82) is 0 Å². The lowest BCUT2D eigenvalue weighted by molar-refractivity contribution is -0.135. The molecule has 1 aromatic heterocycles. The van der Waals surface area contributed by atoms with Gasteiger partial charge in [-0.2, -0.15) is 0 Å². The lowest BCUT2D eigenvalue weighted by Gasteiger charge is -2.28. The molecule has 11 N–H and O–H groups in total. The fourth-order valence-electron chi connectivity index (χ4n) is 8.01. The van der Waals surface area contributed by atoms with Gasteiger partial charge in [0.05, 0.1) is 6.04 Å². The molecule has 0 saturated heterocycles. The van der Waals surface area contributed by atoms with Crippen molar-refractivity contribution in [2.24, 2.45) is 29.0 Å². The van der Waals surface area contributed by atoms with Crippen LogP contribution < -0.4 is 43.8 Å². The zero-order valence-corrected chi connectivity index (χ0v) is 39.2. The van der Waals surface area contributed by atoms with E-state index in [-0.39, 0.29) is 37.5 Å². The number of thiophene rings is 1. The van der Waals surface area contributed by atoms with Gasteiger partial charge >= 0.3 is 0 Å². The van der Waals surface area contributed by atoms with Gasteiger partial charge in [0.1, 0.15) is 30.2 Å². The molecule has 4 aromatic carbocycles. The third-order valence-corrected chi connectivity index (χ3v) is 12.5. The topological polar surface area (TPSA) is 241 Å². The summed E-state index contributed by atoms with van der Waals surface area (Å²) in [5.41, 5.74) is 20.0. The van der Waals surface area contributed by atoms with Gasteiger partial charge in [-0.1, -0.05) is 125 Å². The van der Waals surface area contributed by atoms with Crippen molar-refractivity contribution >= 4 is 67.6 Å². The summed E-state index contributed by atoms with van der Waals surface area (Å²) in [6.07, 6.45) is 2.45. The second-order valence-electron chi connectivity index (χ2n) is 17.9. The van der Waals surface area contributed by atoms with Gasteiger partial charge in [-0.15, -0.1) is 11.3 Å². The predicted octanol–water partition coefficient (Wildman–Crippen LogP) is 4.54. The van der Waals surface area contributed by atoms with Crippen molar-refractivity contribution in [3.8, 4) is 0 Å². The lowest BCUT2D eigenvalue weighted by atomic mass is 9.97. The van der Waals surface area contributed by atoms with Crippen molar-refractivity contribution in [2.45, 2.75) is 115 Å². The minimum absolute atomic E-state index is 0.0414. The highest BCUT2D eigenvalue weighted by Gasteiger charge is 2.34. The standard InChI is InChI=1S/C51H66N8O6S/c1-31(2)25-40(46(54)60)55-48(62)41(26-32(3)4)57-51(65)44(29-36-30-66-45-23-11-10-21-38(36)45)59-49(63)42(27-33-15-6-5-7-16-33)58-50(64)43(56-47(61)39(53)22-12-13-24-52)28-35-19-14-18-34-17-8-9-20-37(34)35/h5-11,14-21,23,30-32,39-44H,12-13,22,24-29,52-53H2,1-4H3,(H2,54,60)(H,55,62)(H,56,61)(H,57,65)(H,58,64)(H,59,63)/t39-,40-,41-,42-,43+,44+/m0/s1. The Bertz CT molecular complexity index is 2420. The van der Waals surface area contributed by atoms with Gasteiger partial charge in [-0.3, -0.25) is 28.8 Å². The third kappa shape index (κ3) is 14.9. The van der Waals surface area contributed by atoms with E-state index in [1.165, 1.54) is 11.3 Å². The number of unbranched alkanes of at least 4 members (excludes halogenated alkanes) is 1. The normalized spacial score (nSPS) is 14.2. The van der Waals surface area contributed by atoms with Crippen LogP contribution in [0.1, 0.15) is 76.5 Å². The van der Waals surface area contributed by atoms with E-state index < -0.39 is 71.7 Å². The Morgan fingerprint density at radius 2 is 1.03 bits per heavy atom. The van der Waals surface area contributed by atoms with Crippen molar-refractivity contribution in [2.75, 3.05) is 6.54 Å². The molecular formula is C51H66N8O6S. The first-order valence-electron chi connectivity index (χ1n) is 22.9. The maximum atomic E-state index is 14.8. The van der Waals surface area contributed by atoms with Crippen LogP contribution in [0.25, 0.3) is 20.9 Å². The maximum Gasteiger partial charge on any atom is 0.243 e. The molecule has 0 radical (unpaired) electrons. The summed E-state index contributed by atoms with van der Waals surface area (Å²) in [5, 5.41) is 19.1. The zero-order chi connectivity index (χ0) is 47.8. The van der Waals surface area contributed by atoms with Gasteiger partial charge < -0.3 is 43.8 Å². The number of nitrogens with two attached hydrogens (primary N) is 3. The first-order valence-corrected chi connectivity index (χ1v) is 23.7. The molecule has 0 aliphatic carbocycles. The van der Waals surface area contributed by atoms with Crippen molar-refractivity contribution in [3.05, 3.63) is 119 Å². The summed E-state index contributed by atoms with van der Waals surface area (Å²) < 4.78 is 0.991. The monoisotopic (exact) mass is 918 g/mol. The van der Waals surface area contributed by atoms with E-state index in [1.807, 2.05) is 130 Å². The fourth-order valence-corrected chi connectivity index (χ4v) is 8.98. The molecule has 0 fully saturated rings. The number of carbonyl (C=O) groups is 6. The molecule has 6 amide bonds. The van der Waals surface area contributed by atoms with Crippen LogP contribution >= 0.6 is 11.3 Å². The molecule has 0 bridgehead atoms. The SMILES string of the molecule is CC(C)C[C@H](NC(=O)[C@H](CC(C)C)NC(=O)[C@@H](Cc1csc2ccccc12)NC(=O)[C@H](Cc1ccccc1)NC(=O)[C@@H](Cc1cccc2ccccc12)NC(=O)[C@@H](N)CCCCN)C(N)=O. The molecule has 0 unspecified atom stereocenters. The number of amides is 6. The highest BCUT2D eigenvalue weighted by Crippen LogP contribution is 2.27. The van der Waals surface area contributed by atoms with Crippen LogP contribution in [-0.2, 0) is 48.0 Å². The second kappa shape index (κ2) is 24.9. The van der Waals surface area contributed by atoms with E-state index in [1.54, 1.807) is 0 Å². The van der Waals surface area contributed by atoms with Gasteiger partial charge in [-0.25, -0.2) is 0 Å². The predicted molar refractivity (Wildman–Crippen MR) is 262 cm³/mol. The quantitative estimate of drug-likeness (QED) is 0.0386. The Kier molecular flexibility index (Phi) is 19.2. The van der Waals surface area contributed by atoms with Crippen LogP contribution in [0, 0.1) is 11.8 Å². The first kappa shape index (κ1) is 50.8. The van der Waals surface area contributed by atoms with E-state index in [4.69, 9.17) is 17.2 Å². The third-order valence-electron chi connectivity index (χ3n) is 11.5.